The molecule has 2 nitrogen and oxygen atoms in total. The second-order valence-electron chi connectivity index (χ2n) is 6.38. The lowest BCUT2D eigenvalue weighted by atomic mass is 10.0. The molecule has 2 heteroatoms. The minimum atomic E-state index is 1.15. The normalized spacial score (nSPS) is 15.2. The summed E-state index contributed by atoms with van der Waals surface area (Å²) < 4.78 is 0. The summed E-state index contributed by atoms with van der Waals surface area (Å²) in [5.74, 6) is 0. The molecule has 2 heterocycles. The highest BCUT2D eigenvalue weighted by Crippen LogP contribution is 2.26. The Morgan fingerprint density at radius 1 is 0.792 bits per heavy atom. The monoisotopic (exact) mass is 314 g/mol. The summed E-state index contributed by atoms with van der Waals surface area (Å²) in [6.07, 6.45) is 12.2. The molecular formula is C22H22N2. The Kier molecular flexibility index (Phi) is 4.28. The van der Waals surface area contributed by atoms with Gasteiger partial charge in [0, 0.05) is 36.7 Å². The highest BCUT2D eigenvalue weighted by atomic mass is 15.1. The van der Waals surface area contributed by atoms with Crippen LogP contribution >= 0.6 is 0 Å². The van der Waals surface area contributed by atoms with E-state index in [0.29, 0.717) is 0 Å². The minimum Gasteiger partial charge on any atom is -0.371 e. The highest BCUT2D eigenvalue weighted by Gasteiger charge is 2.13. The van der Waals surface area contributed by atoms with Gasteiger partial charge in [-0.3, -0.25) is 4.98 Å². The maximum atomic E-state index is 4.34. The van der Waals surface area contributed by atoms with Gasteiger partial charge < -0.3 is 4.90 Å². The van der Waals surface area contributed by atoms with Crippen LogP contribution < -0.4 is 4.90 Å². The van der Waals surface area contributed by atoms with E-state index in [4.69, 9.17) is 0 Å². The molecule has 4 rings (SSSR count). The second kappa shape index (κ2) is 6.88. The van der Waals surface area contributed by atoms with Crippen molar-refractivity contribution < 1.29 is 0 Å². The number of aromatic nitrogens is 1. The Labute approximate surface area is 143 Å². The van der Waals surface area contributed by atoms with Crippen LogP contribution in [0.25, 0.3) is 22.9 Å². The quantitative estimate of drug-likeness (QED) is 0.644. The first-order chi connectivity index (χ1) is 11.9. The van der Waals surface area contributed by atoms with Crippen molar-refractivity contribution >= 4 is 28.6 Å². The summed E-state index contributed by atoms with van der Waals surface area (Å²) in [7, 11) is 0. The predicted octanol–water partition coefficient (Wildman–Crippen LogP) is 5.40. The van der Waals surface area contributed by atoms with Crippen molar-refractivity contribution in [1.29, 1.82) is 0 Å². The van der Waals surface area contributed by atoms with Gasteiger partial charge in [-0.1, -0.05) is 54.6 Å². The first-order valence-electron chi connectivity index (χ1n) is 8.77. The van der Waals surface area contributed by atoms with Gasteiger partial charge in [0.2, 0.25) is 0 Å². The van der Waals surface area contributed by atoms with Crippen LogP contribution in [-0.4, -0.2) is 18.1 Å². The molecule has 1 fully saturated rings. The van der Waals surface area contributed by atoms with Crippen molar-refractivity contribution in [1.82, 2.24) is 4.98 Å². The zero-order valence-electron chi connectivity index (χ0n) is 13.9. The van der Waals surface area contributed by atoms with E-state index < -0.39 is 0 Å². The van der Waals surface area contributed by atoms with Crippen LogP contribution in [0, 0.1) is 0 Å². The average Bonchev–Trinajstić information content (AvgIpc) is 2.67. The van der Waals surface area contributed by atoms with Crippen LogP contribution in [0.4, 0.5) is 5.69 Å². The molecule has 0 N–H and O–H groups in total. The Morgan fingerprint density at radius 2 is 1.58 bits per heavy atom. The second-order valence-corrected chi connectivity index (χ2v) is 6.38. The Morgan fingerprint density at radius 3 is 2.50 bits per heavy atom. The number of anilines is 1. The minimum absolute atomic E-state index is 1.15. The van der Waals surface area contributed by atoms with Gasteiger partial charge in [-0.25, -0.2) is 0 Å². The van der Waals surface area contributed by atoms with Crippen LogP contribution in [-0.2, 0) is 0 Å². The van der Waals surface area contributed by atoms with Crippen molar-refractivity contribution in [2.45, 2.75) is 19.3 Å². The third kappa shape index (κ3) is 3.05. The molecule has 3 aromatic rings. The molecule has 0 aliphatic carbocycles. The van der Waals surface area contributed by atoms with Crippen LogP contribution in [0.3, 0.4) is 0 Å². The maximum absolute atomic E-state index is 4.34. The molecule has 0 atom stereocenters. The summed E-state index contributed by atoms with van der Waals surface area (Å²) in [5, 5.41) is 2.57. The SMILES string of the molecule is C(=Cc1cccc2ccccc12)c1cnccc1N1CCCCC1. The maximum Gasteiger partial charge on any atom is 0.0470 e. The molecule has 0 radical (unpaired) electrons. The average molecular weight is 314 g/mol. The summed E-state index contributed by atoms with van der Waals surface area (Å²) >= 11 is 0. The lowest BCUT2D eigenvalue weighted by Gasteiger charge is -2.29. The van der Waals surface area contributed by atoms with E-state index in [9.17, 15) is 0 Å². The number of hydrogen-bond acceptors (Lipinski definition) is 2. The number of nitrogens with zero attached hydrogens (tertiary/aromatic N) is 2. The summed E-state index contributed by atoms with van der Waals surface area (Å²) in [5.41, 5.74) is 3.76. The van der Waals surface area contributed by atoms with Gasteiger partial charge in [0.25, 0.3) is 0 Å². The van der Waals surface area contributed by atoms with Gasteiger partial charge in [0.1, 0.15) is 0 Å². The molecule has 2 aromatic carbocycles. The van der Waals surface area contributed by atoms with E-state index in [1.165, 1.54) is 46.8 Å². The van der Waals surface area contributed by atoms with Crippen molar-refractivity contribution in [3.8, 4) is 0 Å². The molecule has 1 aliphatic heterocycles. The highest BCUT2D eigenvalue weighted by molar-refractivity contribution is 5.93. The van der Waals surface area contributed by atoms with Crippen LogP contribution in [0.2, 0.25) is 0 Å². The zero-order valence-corrected chi connectivity index (χ0v) is 13.9. The number of fused-ring (bicyclic) bond motifs is 1. The zero-order chi connectivity index (χ0) is 16.2. The van der Waals surface area contributed by atoms with Crippen molar-refractivity contribution in [3.05, 3.63) is 72.1 Å². The van der Waals surface area contributed by atoms with Crippen LogP contribution in [0.1, 0.15) is 30.4 Å². The van der Waals surface area contributed by atoms with Crippen molar-refractivity contribution in [2.24, 2.45) is 0 Å². The molecular weight excluding hydrogens is 292 g/mol. The first-order valence-corrected chi connectivity index (χ1v) is 8.77. The molecule has 0 saturated carbocycles. The molecule has 24 heavy (non-hydrogen) atoms. The molecule has 1 aliphatic rings. The standard InChI is InChI=1S/C22H22N2/c1-4-15-24(16-5-1)22-13-14-23-17-20(22)12-11-19-9-6-8-18-7-2-3-10-21(18)19/h2-3,6-14,17H,1,4-5,15-16H2. The van der Waals surface area contributed by atoms with E-state index in [0.717, 1.165) is 13.1 Å². The predicted molar refractivity (Wildman–Crippen MR) is 103 cm³/mol. The molecule has 120 valence electrons. The van der Waals surface area contributed by atoms with Gasteiger partial charge in [-0.15, -0.1) is 0 Å². The molecule has 0 bridgehead atoms. The fraction of sp³-hybridized carbons (Fsp3) is 0.227. The fourth-order valence-corrected chi connectivity index (χ4v) is 3.53. The molecule has 1 saturated heterocycles. The molecule has 0 unspecified atom stereocenters. The van der Waals surface area contributed by atoms with E-state index in [-0.39, 0.29) is 0 Å². The number of piperidine rings is 1. The Balaban J connectivity index is 1.68. The summed E-state index contributed by atoms with van der Waals surface area (Å²) in [6, 6.07) is 17.1. The summed E-state index contributed by atoms with van der Waals surface area (Å²) in [6.45, 7) is 2.30. The van der Waals surface area contributed by atoms with Gasteiger partial charge in [-0.05, 0) is 41.7 Å². The van der Waals surface area contributed by atoms with E-state index >= 15 is 0 Å². The van der Waals surface area contributed by atoms with E-state index in [1.54, 1.807) is 0 Å². The van der Waals surface area contributed by atoms with Crippen molar-refractivity contribution in [3.63, 3.8) is 0 Å². The smallest absolute Gasteiger partial charge is 0.0470 e. The van der Waals surface area contributed by atoms with Gasteiger partial charge in [-0.2, -0.15) is 0 Å². The van der Waals surface area contributed by atoms with E-state index in [1.807, 2.05) is 12.4 Å². The third-order valence-corrected chi connectivity index (χ3v) is 4.79. The largest absolute Gasteiger partial charge is 0.371 e. The number of hydrogen-bond donors (Lipinski definition) is 0. The lowest BCUT2D eigenvalue weighted by Crippen LogP contribution is -2.29. The van der Waals surface area contributed by atoms with Crippen LogP contribution in [0.15, 0.2) is 60.9 Å². The first kappa shape index (κ1) is 14.9. The van der Waals surface area contributed by atoms with E-state index in [2.05, 4.69) is 70.6 Å². The molecule has 1 aromatic heterocycles. The Hall–Kier alpha value is -2.61. The van der Waals surface area contributed by atoms with Crippen molar-refractivity contribution in [2.75, 3.05) is 18.0 Å². The molecule has 0 amide bonds. The third-order valence-electron chi connectivity index (χ3n) is 4.79. The summed E-state index contributed by atoms with van der Waals surface area (Å²) in [4.78, 5) is 6.83. The topological polar surface area (TPSA) is 16.1 Å². The van der Waals surface area contributed by atoms with Gasteiger partial charge >= 0.3 is 0 Å². The van der Waals surface area contributed by atoms with Crippen LogP contribution in [0.5, 0.6) is 0 Å². The number of rotatable bonds is 3. The van der Waals surface area contributed by atoms with Gasteiger partial charge in [0.05, 0.1) is 0 Å². The fourth-order valence-electron chi connectivity index (χ4n) is 3.53. The molecule has 0 spiro atoms. The number of pyridine rings is 1. The number of benzene rings is 2. The van der Waals surface area contributed by atoms with Gasteiger partial charge in [0.15, 0.2) is 0 Å². The Bertz CT molecular complexity index is 855. The lowest BCUT2D eigenvalue weighted by molar-refractivity contribution is 0.577.